The first-order valence-electron chi connectivity index (χ1n) is 8.67. The van der Waals surface area contributed by atoms with Gasteiger partial charge in [-0.25, -0.2) is 4.98 Å². The highest BCUT2D eigenvalue weighted by molar-refractivity contribution is 5.78. The molecule has 3 aromatic rings. The van der Waals surface area contributed by atoms with Gasteiger partial charge in [-0.3, -0.25) is 4.79 Å². The van der Waals surface area contributed by atoms with E-state index in [2.05, 4.69) is 10.3 Å². The highest BCUT2D eigenvalue weighted by atomic mass is 16.5. The molecule has 0 atom stereocenters. The zero-order valence-corrected chi connectivity index (χ0v) is 15.4. The number of nitrogens with one attached hydrogen (secondary N) is 1. The Hall–Kier alpha value is -3.28. The van der Waals surface area contributed by atoms with E-state index in [1.54, 1.807) is 14.2 Å². The summed E-state index contributed by atoms with van der Waals surface area (Å²) in [6.07, 6.45) is 2.33. The van der Waals surface area contributed by atoms with Crippen molar-refractivity contribution in [2.24, 2.45) is 0 Å². The van der Waals surface area contributed by atoms with Crippen molar-refractivity contribution >= 4 is 5.91 Å². The lowest BCUT2D eigenvalue weighted by Gasteiger charge is -2.11. The maximum Gasteiger partial charge on any atom is 0.226 e. The van der Waals surface area contributed by atoms with Gasteiger partial charge in [-0.05, 0) is 42.3 Å². The minimum atomic E-state index is -0.107. The van der Waals surface area contributed by atoms with Crippen LogP contribution < -0.4 is 14.8 Å². The molecular formula is C21H22N2O4. The van der Waals surface area contributed by atoms with Gasteiger partial charge in [0.25, 0.3) is 0 Å². The monoisotopic (exact) mass is 366 g/mol. The summed E-state index contributed by atoms with van der Waals surface area (Å²) in [6, 6.07) is 15.2. The normalized spacial score (nSPS) is 10.4. The minimum absolute atomic E-state index is 0.107. The van der Waals surface area contributed by atoms with Gasteiger partial charge in [0.15, 0.2) is 0 Å². The van der Waals surface area contributed by atoms with Crippen LogP contribution in [0.5, 0.6) is 11.5 Å². The van der Waals surface area contributed by atoms with Crippen molar-refractivity contribution in [2.75, 3.05) is 20.8 Å². The van der Waals surface area contributed by atoms with Crippen LogP contribution in [0.3, 0.4) is 0 Å². The first-order valence-corrected chi connectivity index (χ1v) is 8.67. The van der Waals surface area contributed by atoms with Gasteiger partial charge < -0.3 is 19.2 Å². The zero-order chi connectivity index (χ0) is 19.1. The Morgan fingerprint density at radius 3 is 2.67 bits per heavy atom. The molecule has 0 aliphatic rings. The molecule has 0 radical (unpaired) electrons. The first kappa shape index (κ1) is 18.5. The third-order valence-electron chi connectivity index (χ3n) is 4.12. The summed E-state index contributed by atoms with van der Waals surface area (Å²) in [5, 5.41) is 2.90. The highest BCUT2D eigenvalue weighted by Crippen LogP contribution is 2.24. The van der Waals surface area contributed by atoms with E-state index in [-0.39, 0.29) is 12.3 Å². The number of rotatable bonds is 8. The predicted octanol–water partition coefficient (Wildman–Crippen LogP) is 3.26. The fourth-order valence-corrected chi connectivity index (χ4v) is 2.74. The Labute approximate surface area is 158 Å². The Balaban J connectivity index is 1.53. The molecule has 0 aliphatic carbocycles. The fourth-order valence-electron chi connectivity index (χ4n) is 2.74. The average molecular weight is 366 g/mol. The van der Waals surface area contributed by atoms with Gasteiger partial charge in [-0.15, -0.1) is 0 Å². The van der Waals surface area contributed by atoms with E-state index in [0.717, 1.165) is 22.6 Å². The largest absolute Gasteiger partial charge is 0.497 e. The molecule has 0 saturated heterocycles. The number of hydrogen-bond donors (Lipinski definition) is 1. The second-order valence-corrected chi connectivity index (χ2v) is 5.96. The Bertz CT molecular complexity index is 890. The fraction of sp³-hybridized carbons (Fsp3) is 0.238. The van der Waals surface area contributed by atoms with Crippen LogP contribution in [-0.2, 0) is 17.6 Å². The molecular weight excluding hydrogens is 344 g/mol. The molecule has 3 rings (SSSR count). The van der Waals surface area contributed by atoms with E-state index in [9.17, 15) is 4.79 Å². The Morgan fingerprint density at radius 2 is 1.93 bits per heavy atom. The quantitative estimate of drug-likeness (QED) is 0.662. The van der Waals surface area contributed by atoms with E-state index in [1.165, 1.54) is 6.26 Å². The molecule has 1 aromatic heterocycles. The van der Waals surface area contributed by atoms with Crippen molar-refractivity contribution in [3.8, 4) is 23.0 Å². The number of oxazole rings is 1. The number of carbonyl (C=O) groups excluding carboxylic acids is 1. The van der Waals surface area contributed by atoms with E-state index in [0.29, 0.717) is 24.6 Å². The van der Waals surface area contributed by atoms with E-state index in [4.69, 9.17) is 13.9 Å². The molecule has 0 saturated carbocycles. The van der Waals surface area contributed by atoms with Crippen LogP contribution in [0.1, 0.15) is 11.3 Å². The highest BCUT2D eigenvalue weighted by Gasteiger charge is 2.11. The van der Waals surface area contributed by atoms with Gasteiger partial charge >= 0.3 is 0 Å². The van der Waals surface area contributed by atoms with Crippen molar-refractivity contribution in [3.05, 3.63) is 66.1 Å². The van der Waals surface area contributed by atoms with Crippen molar-refractivity contribution < 1.29 is 18.7 Å². The summed E-state index contributed by atoms with van der Waals surface area (Å²) in [6.45, 7) is 0.492. The summed E-state index contributed by atoms with van der Waals surface area (Å²) in [5.74, 6) is 1.94. The van der Waals surface area contributed by atoms with Gasteiger partial charge in [0.2, 0.25) is 11.8 Å². The van der Waals surface area contributed by atoms with Crippen LogP contribution in [0.25, 0.3) is 11.5 Å². The third kappa shape index (κ3) is 4.88. The number of hydrogen-bond acceptors (Lipinski definition) is 5. The average Bonchev–Trinajstić information content (AvgIpc) is 3.17. The molecule has 6 nitrogen and oxygen atoms in total. The van der Waals surface area contributed by atoms with Crippen LogP contribution >= 0.6 is 0 Å². The molecule has 1 heterocycles. The SMILES string of the molecule is COc1ccc(OC)c(CCNC(=O)Cc2coc(-c3ccccc3)n2)c1. The van der Waals surface area contributed by atoms with E-state index < -0.39 is 0 Å². The van der Waals surface area contributed by atoms with Gasteiger partial charge in [-0.2, -0.15) is 0 Å². The summed E-state index contributed by atoms with van der Waals surface area (Å²) >= 11 is 0. The molecule has 0 bridgehead atoms. The maximum absolute atomic E-state index is 12.2. The number of methoxy groups -OCH3 is 2. The van der Waals surface area contributed by atoms with Crippen LogP contribution in [0.2, 0.25) is 0 Å². The molecule has 2 aromatic carbocycles. The lowest BCUT2D eigenvalue weighted by atomic mass is 10.1. The van der Waals surface area contributed by atoms with Crippen LogP contribution in [0, 0.1) is 0 Å². The molecule has 1 amide bonds. The topological polar surface area (TPSA) is 73.6 Å². The molecule has 0 aliphatic heterocycles. The Morgan fingerprint density at radius 1 is 1.11 bits per heavy atom. The first-order chi connectivity index (χ1) is 13.2. The van der Waals surface area contributed by atoms with Gasteiger partial charge in [0.05, 0.1) is 26.3 Å². The lowest BCUT2D eigenvalue weighted by molar-refractivity contribution is -0.120. The number of aromatic nitrogens is 1. The van der Waals surface area contributed by atoms with Gasteiger partial charge in [-0.1, -0.05) is 18.2 Å². The third-order valence-corrected chi connectivity index (χ3v) is 4.12. The van der Waals surface area contributed by atoms with Crippen molar-refractivity contribution in [1.29, 1.82) is 0 Å². The summed E-state index contributed by atoms with van der Waals surface area (Å²) in [5.41, 5.74) is 2.46. The zero-order valence-electron chi connectivity index (χ0n) is 15.4. The second-order valence-electron chi connectivity index (χ2n) is 5.96. The summed E-state index contributed by atoms with van der Waals surface area (Å²) in [4.78, 5) is 16.6. The van der Waals surface area contributed by atoms with E-state index in [1.807, 2.05) is 48.5 Å². The number of amides is 1. The number of ether oxygens (including phenoxy) is 2. The number of carbonyl (C=O) groups is 1. The summed E-state index contributed by atoms with van der Waals surface area (Å²) < 4.78 is 16.0. The molecule has 0 unspecified atom stereocenters. The van der Waals surface area contributed by atoms with E-state index >= 15 is 0 Å². The van der Waals surface area contributed by atoms with Crippen LogP contribution in [0.4, 0.5) is 0 Å². The van der Waals surface area contributed by atoms with Crippen molar-refractivity contribution in [3.63, 3.8) is 0 Å². The second kappa shape index (κ2) is 8.89. The van der Waals surface area contributed by atoms with Crippen molar-refractivity contribution in [1.82, 2.24) is 10.3 Å². The van der Waals surface area contributed by atoms with Gasteiger partial charge in [0, 0.05) is 12.1 Å². The Kier molecular flexibility index (Phi) is 6.10. The molecule has 6 heteroatoms. The minimum Gasteiger partial charge on any atom is -0.497 e. The summed E-state index contributed by atoms with van der Waals surface area (Å²) in [7, 11) is 3.24. The van der Waals surface area contributed by atoms with Gasteiger partial charge in [0.1, 0.15) is 17.8 Å². The maximum atomic E-state index is 12.2. The molecule has 27 heavy (non-hydrogen) atoms. The molecule has 1 N–H and O–H groups in total. The van der Waals surface area contributed by atoms with Crippen LogP contribution in [-0.4, -0.2) is 31.7 Å². The van der Waals surface area contributed by atoms with Crippen molar-refractivity contribution in [2.45, 2.75) is 12.8 Å². The molecule has 140 valence electrons. The number of benzene rings is 2. The predicted molar refractivity (Wildman–Crippen MR) is 102 cm³/mol. The van der Waals surface area contributed by atoms with Crippen LogP contribution in [0.15, 0.2) is 59.2 Å². The number of nitrogens with zero attached hydrogens (tertiary/aromatic N) is 1. The molecule has 0 spiro atoms. The molecule has 0 fully saturated rings. The lowest BCUT2D eigenvalue weighted by Crippen LogP contribution is -2.27. The standard InChI is InChI=1S/C21H22N2O4/c1-25-18-8-9-19(26-2)16(12-18)10-11-22-20(24)13-17-14-27-21(23-17)15-6-4-3-5-7-15/h3-9,12,14H,10-11,13H2,1-2H3,(H,22,24). The smallest absolute Gasteiger partial charge is 0.226 e.